The monoisotopic (exact) mass is 200 g/mol. The second-order valence-electron chi connectivity index (χ2n) is 3.76. The maximum atomic E-state index is 5.51. The van der Waals surface area contributed by atoms with Crippen molar-refractivity contribution in [1.29, 1.82) is 0 Å². The van der Waals surface area contributed by atoms with Gasteiger partial charge >= 0.3 is 0 Å². The molecule has 0 N–H and O–H groups in total. The fourth-order valence-electron chi connectivity index (χ4n) is 1.38. The van der Waals surface area contributed by atoms with Crippen LogP contribution in [0.2, 0.25) is 0 Å². The molecule has 0 rings (SSSR count). The average Bonchev–Trinajstić information content (AvgIpc) is 2.16. The third-order valence-electron chi connectivity index (χ3n) is 2.26. The van der Waals surface area contributed by atoms with E-state index in [1.54, 1.807) is 7.11 Å². The van der Waals surface area contributed by atoms with Crippen molar-refractivity contribution in [1.82, 2.24) is 0 Å². The van der Waals surface area contributed by atoms with Gasteiger partial charge in [0.25, 0.3) is 0 Å². The zero-order valence-corrected chi connectivity index (χ0v) is 9.84. The van der Waals surface area contributed by atoms with Crippen LogP contribution in [0.4, 0.5) is 0 Å². The second kappa shape index (κ2) is 9.22. The molecule has 84 valence electrons. The van der Waals surface area contributed by atoms with Crippen LogP contribution in [0.3, 0.4) is 0 Å². The molecule has 0 spiro atoms. The van der Waals surface area contributed by atoms with E-state index in [1.807, 2.05) is 6.92 Å². The predicted octanol–water partition coefficient (Wildman–Crippen LogP) is 3.52. The molecular weight excluding hydrogens is 176 g/mol. The quantitative estimate of drug-likeness (QED) is 0.322. The Hall–Kier alpha value is -0.340. The standard InChI is InChI=1S/C12H24O2/c1-5-6-7-8-9-12(11(2)3)14-10-13-4/h12H,2,5-10H2,1,3-4H3. The van der Waals surface area contributed by atoms with E-state index in [0.29, 0.717) is 6.79 Å². The van der Waals surface area contributed by atoms with Crippen molar-refractivity contribution < 1.29 is 9.47 Å². The van der Waals surface area contributed by atoms with E-state index >= 15 is 0 Å². The lowest BCUT2D eigenvalue weighted by Crippen LogP contribution is -2.15. The summed E-state index contributed by atoms with van der Waals surface area (Å²) in [5, 5.41) is 0. The number of methoxy groups -OCH3 is 1. The molecule has 0 radical (unpaired) electrons. The van der Waals surface area contributed by atoms with Crippen molar-refractivity contribution in [3.63, 3.8) is 0 Å². The molecule has 0 aliphatic carbocycles. The highest BCUT2D eigenvalue weighted by Gasteiger charge is 2.08. The Morgan fingerprint density at radius 1 is 1.29 bits per heavy atom. The summed E-state index contributed by atoms with van der Waals surface area (Å²) in [6, 6.07) is 0. The molecule has 2 heteroatoms. The van der Waals surface area contributed by atoms with Gasteiger partial charge in [-0.15, -0.1) is 0 Å². The van der Waals surface area contributed by atoms with Crippen molar-refractivity contribution in [2.24, 2.45) is 0 Å². The zero-order chi connectivity index (χ0) is 10.8. The van der Waals surface area contributed by atoms with E-state index < -0.39 is 0 Å². The van der Waals surface area contributed by atoms with Gasteiger partial charge < -0.3 is 9.47 Å². The van der Waals surface area contributed by atoms with Crippen LogP contribution in [0.1, 0.15) is 46.0 Å². The van der Waals surface area contributed by atoms with Gasteiger partial charge in [0.2, 0.25) is 0 Å². The van der Waals surface area contributed by atoms with Crippen LogP contribution < -0.4 is 0 Å². The first-order valence-corrected chi connectivity index (χ1v) is 5.48. The smallest absolute Gasteiger partial charge is 0.147 e. The molecule has 0 saturated carbocycles. The summed E-state index contributed by atoms with van der Waals surface area (Å²) < 4.78 is 10.4. The van der Waals surface area contributed by atoms with E-state index in [9.17, 15) is 0 Å². The van der Waals surface area contributed by atoms with Gasteiger partial charge in [-0.05, 0) is 13.3 Å². The molecule has 0 heterocycles. The minimum Gasteiger partial charge on any atom is -0.359 e. The molecule has 0 bridgehead atoms. The van der Waals surface area contributed by atoms with Gasteiger partial charge in [0.1, 0.15) is 6.79 Å². The van der Waals surface area contributed by atoms with E-state index in [2.05, 4.69) is 13.5 Å². The number of hydrogen-bond acceptors (Lipinski definition) is 2. The number of rotatable bonds is 9. The molecule has 0 aromatic heterocycles. The summed E-state index contributed by atoms with van der Waals surface area (Å²) in [6.07, 6.45) is 6.33. The topological polar surface area (TPSA) is 18.5 Å². The molecule has 0 aliphatic heterocycles. The van der Waals surface area contributed by atoms with Crippen molar-refractivity contribution >= 4 is 0 Å². The van der Waals surface area contributed by atoms with Crippen LogP contribution >= 0.6 is 0 Å². The summed E-state index contributed by atoms with van der Waals surface area (Å²) in [5.41, 5.74) is 1.10. The molecule has 0 aromatic rings. The van der Waals surface area contributed by atoms with E-state index in [1.165, 1.54) is 25.7 Å². The number of ether oxygens (including phenoxy) is 2. The van der Waals surface area contributed by atoms with Crippen LogP contribution in [-0.4, -0.2) is 20.0 Å². The van der Waals surface area contributed by atoms with Crippen LogP contribution in [0.15, 0.2) is 12.2 Å². The fourth-order valence-corrected chi connectivity index (χ4v) is 1.38. The largest absolute Gasteiger partial charge is 0.359 e. The van der Waals surface area contributed by atoms with Crippen molar-refractivity contribution in [3.8, 4) is 0 Å². The molecule has 1 atom stereocenters. The minimum absolute atomic E-state index is 0.173. The summed E-state index contributed by atoms with van der Waals surface area (Å²) in [7, 11) is 1.65. The van der Waals surface area contributed by atoms with Crippen LogP contribution in [0.25, 0.3) is 0 Å². The van der Waals surface area contributed by atoms with Crippen LogP contribution in [0.5, 0.6) is 0 Å². The highest BCUT2D eigenvalue weighted by Crippen LogP contribution is 2.13. The van der Waals surface area contributed by atoms with E-state index in [-0.39, 0.29) is 6.10 Å². The molecule has 2 nitrogen and oxygen atoms in total. The minimum atomic E-state index is 0.173. The molecule has 0 amide bonds. The van der Waals surface area contributed by atoms with Gasteiger partial charge in [0.05, 0.1) is 6.10 Å². The van der Waals surface area contributed by atoms with Crippen LogP contribution in [-0.2, 0) is 9.47 Å². The normalized spacial score (nSPS) is 12.8. The third kappa shape index (κ3) is 7.10. The number of unbranched alkanes of at least 4 members (excludes halogenated alkanes) is 3. The first-order chi connectivity index (χ1) is 6.72. The lowest BCUT2D eigenvalue weighted by atomic mass is 10.1. The second-order valence-corrected chi connectivity index (χ2v) is 3.76. The lowest BCUT2D eigenvalue weighted by molar-refractivity contribution is -0.0616. The van der Waals surface area contributed by atoms with Gasteiger partial charge in [0.15, 0.2) is 0 Å². The Morgan fingerprint density at radius 2 is 2.00 bits per heavy atom. The molecule has 0 aromatic carbocycles. The number of hydrogen-bond donors (Lipinski definition) is 0. The van der Waals surface area contributed by atoms with Gasteiger partial charge in [0, 0.05) is 7.11 Å². The third-order valence-corrected chi connectivity index (χ3v) is 2.26. The molecule has 0 aliphatic rings. The maximum absolute atomic E-state index is 5.51. The highest BCUT2D eigenvalue weighted by molar-refractivity contribution is 4.97. The van der Waals surface area contributed by atoms with Crippen molar-refractivity contribution in [3.05, 3.63) is 12.2 Å². The molecular formula is C12H24O2. The first kappa shape index (κ1) is 13.7. The Balaban J connectivity index is 3.57. The average molecular weight is 200 g/mol. The molecule has 14 heavy (non-hydrogen) atoms. The Kier molecular flexibility index (Phi) is 9.00. The van der Waals surface area contributed by atoms with Gasteiger partial charge in [-0.1, -0.05) is 44.8 Å². The van der Waals surface area contributed by atoms with Gasteiger partial charge in [-0.3, -0.25) is 0 Å². The predicted molar refractivity (Wildman–Crippen MR) is 60.3 cm³/mol. The molecule has 0 fully saturated rings. The SMILES string of the molecule is C=C(C)C(CCCCCC)OCOC. The zero-order valence-electron chi connectivity index (χ0n) is 9.84. The van der Waals surface area contributed by atoms with E-state index in [4.69, 9.17) is 9.47 Å². The van der Waals surface area contributed by atoms with Gasteiger partial charge in [-0.25, -0.2) is 0 Å². The van der Waals surface area contributed by atoms with Crippen LogP contribution in [0, 0.1) is 0 Å². The Labute approximate surface area is 88.3 Å². The van der Waals surface area contributed by atoms with Crippen molar-refractivity contribution in [2.45, 2.75) is 52.1 Å². The maximum Gasteiger partial charge on any atom is 0.147 e. The summed E-state index contributed by atoms with van der Waals surface area (Å²) in [5.74, 6) is 0. The van der Waals surface area contributed by atoms with Gasteiger partial charge in [-0.2, -0.15) is 0 Å². The summed E-state index contributed by atoms with van der Waals surface area (Å²) in [6.45, 7) is 8.53. The highest BCUT2D eigenvalue weighted by atomic mass is 16.7. The Morgan fingerprint density at radius 3 is 2.50 bits per heavy atom. The van der Waals surface area contributed by atoms with E-state index in [0.717, 1.165) is 12.0 Å². The molecule has 0 saturated heterocycles. The fraction of sp³-hybridized carbons (Fsp3) is 0.833. The Bertz CT molecular complexity index is 143. The summed E-state index contributed by atoms with van der Waals surface area (Å²) >= 11 is 0. The molecule has 1 unspecified atom stereocenters. The summed E-state index contributed by atoms with van der Waals surface area (Å²) in [4.78, 5) is 0. The van der Waals surface area contributed by atoms with Crippen molar-refractivity contribution in [2.75, 3.05) is 13.9 Å². The first-order valence-electron chi connectivity index (χ1n) is 5.48. The lowest BCUT2D eigenvalue weighted by Gasteiger charge is -2.17.